The van der Waals surface area contributed by atoms with Crippen molar-refractivity contribution >= 4 is 38.9 Å². The number of ether oxygens (including phenoxy) is 2. The third-order valence-corrected chi connectivity index (χ3v) is 6.66. The SMILES string of the molecule is CC[C@@H](Oc1ccc(OC)cc1)C(=O)Nc1ccc(S(=O)(=O)Nc2ccc(C)c(Cl)c2)cc1. The number of hydrogen-bond acceptors (Lipinski definition) is 5. The summed E-state index contributed by atoms with van der Waals surface area (Å²) in [5.41, 5.74) is 1.67. The second-order valence-electron chi connectivity index (χ2n) is 7.27. The Labute approximate surface area is 198 Å². The number of methoxy groups -OCH3 is 1. The lowest BCUT2D eigenvalue weighted by molar-refractivity contribution is -0.122. The molecule has 0 aromatic heterocycles. The maximum atomic E-state index is 12.7. The van der Waals surface area contributed by atoms with E-state index in [-0.39, 0.29) is 10.8 Å². The van der Waals surface area contributed by atoms with Crippen molar-refractivity contribution < 1.29 is 22.7 Å². The Hall–Kier alpha value is -3.23. The Kier molecular flexibility index (Phi) is 7.84. The lowest BCUT2D eigenvalue weighted by atomic mass is 10.2. The molecule has 0 saturated heterocycles. The maximum Gasteiger partial charge on any atom is 0.265 e. The van der Waals surface area contributed by atoms with Crippen LogP contribution in [0.2, 0.25) is 5.02 Å². The maximum absolute atomic E-state index is 12.7. The van der Waals surface area contributed by atoms with Crippen molar-refractivity contribution in [2.45, 2.75) is 31.3 Å². The monoisotopic (exact) mass is 488 g/mol. The number of aryl methyl sites for hydroxylation is 1. The van der Waals surface area contributed by atoms with Gasteiger partial charge in [-0.1, -0.05) is 24.6 Å². The van der Waals surface area contributed by atoms with Gasteiger partial charge in [0.05, 0.1) is 17.7 Å². The summed E-state index contributed by atoms with van der Waals surface area (Å²) in [6.45, 7) is 3.67. The van der Waals surface area contributed by atoms with Crippen molar-refractivity contribution in [1.82, 2.24) is 0 Å². The van der Waals surface area contributed by atoms with Gasteiger partial charge < -0.3 is 14.8 Å². The average molecular weight is 489 g/mol. The summed E-state index contributed by atoms with van der Waals surface area (Å²) in [4.78, 5) is 12.7. The molecule has 9 heteroatoms. The fourth-order valence-corrected chi connectivity index (χ4v) is 4.18. The summed E-state index contributed by atoms with van der Waals surface area (Å²) in [7, 11) is -2.24. The summed E-state index contributed by atoms with van der Waals surface area (Å²) < 4.78 is 38.7. The standard InChI is InChI=1S/C24H25ClN2O5S/c1-4-23(32-20-11-9-19(31-3)10-12-20)24(28)26-17-7-13-21(14-8-17)33(29,30)27-18-6-5-16(2)22(25)15-18/h5-15,23,27H,4H2,1-3H3,(H,26,28)/t23-/m1/s1. The van der Waals surface area contributed by atoms with Crippen molar-refractivity contribution in [3.05, 3.63) is 77.3 Å². The molecule has 174 valence electrons. The number of anilines is 2. The van der Waals surface area contributed by atoms with E-state index in [1.54, 1.807) is 49.6 Å². The summed E-state index contributed by atoms with van der Waals surface area (Å²) >= 11 is 6.07. The molecule has 1 amide bonds. The van der Waals surface area contributed by atoms with Crippen LogP contribution in [0.5, 0.6) is 11.5 Å². The van der Waals surface area contributed by atoms with Gasteiger partial charge in [0.15, 0.2) is 6.10 Å². The second kappa shape index (κ2) is 10.6. The van der Waals surface area contributed by atoms with Crippen LogP contribution in [-0.2, 0) is 14.8 Å². The van der Waals surface area contributed by atoms with Crippen LogP contribution in [0.1, 0.15) is 18.9 Å². The van der Waals surface area contributed by atoms with E-state index in [9.17, 15) is 13.2 Å². The zero-order valence-corrected chi connectivity index (χ0v) is 20.0. The predicted molar refractivity (Wildman–Crippen MR) is 130 cm³/mol. The first-order chi connectivity index (χ1) is 15.7. The van der Waals surface area contributed by atoms with Gasteiger partial charge >= 0.3 is 0 Å². The van der Waals surface area contributed by atoms with E-state index in [1.807, 2.05) is 13.8 Å². The molecule has 0 bridgehead atoms. The molecule has 0 fully saturated rings. The topological polar surface area (TPSA) is 93.7 Å². The molecule has 0 unspecified atom stereocenters. The molecule has 0 spiro atoms. The molecular formula is C24H25ClN2O5S. The third kappa shape index (κ3) is 6.40. The van der Waals surface area contributed by atoms with E-state index in [0.29, 0.717) is 34.3 Å². The van der Waals surface area contributed by atoms with E-state index in [1.165, 1.54) is 24.3 Å². The van der Waals surface area contributed by atoms with E-state index < -0.39 is 16.1 Å². The first-order valence-corrected chi connectivity index (χ1v) is 12.1. The fourth-order valence-electron chi connectivity index (χ4n) is 2.95. The lowest BCUT2D eigenvalue weighted by Crippen LogP contribution is -2.32. The summed E-state index contributed by atoms with van der Waals surface area (Å²) in [6.07, 6.45) is -0.261. The summed E-state index contributed by atoms with van der Waals surface area (Å²) in [6, 6.07) is 17.7. The van der Waals surface area contributed by atoms with Crippen molar-refractivity contribution in [2.75, 3.05) is 17.1 Å². The highest BCUT2D eigenvalue weighted by atomic mass is 35.5. The second-order valence-corrected chi connectivity index (χ2v) is 9.36. The quantitative estimate of drug-likeness (QED) is 0.429. The number of carbonyl (C=O) groups excluding carboxylic acids is 1. The Bertz CT molecular complexity index is 1210. The summed E-state index contributed by atoms with van der Waals surface area (Å²) in [5, 5.41) is 3.22. The normalized spacial score (nSPS) is 12.0. The first kappa shape index (κ1) is 24.4. The highest BCUT2D eigenvalue weighted by molar-refractivity contribution is 7.92. The van der Waals surface area contributed by atoms with Crippen LogP contribution in [0.25, 0.3) is 0 Å². The number of amides is 1. The molecule has 2 N–H and O–H groups in total. The molecule has 0 aliphatic carbocycles. The van der Waals surface area contributed by atoms with Crippen LogP contribution in [0.3, 0.4) is 0 Å². The predicted octanol–water partition coefficient (Wildman–Crippen LogP) is 5.25. The van der Waals surface area contributed by atoms with Gasteiger partial charge in [-0.15, -0.1) is 0 Å². The molecule has 0 aliphatic heterocycles. The van der Waals surface area contributed by atoms with Gasteiger partial charge in [-0.05, 0) is 79.6 Å². The Balaban J connectivity index is 1.65. The first-order valence-electron chi connectivity index (χ1n) is 10.2. The zero-order chi connectivity index (χ0) is 24.0. The fraction of sp³-hybridized carbons (Fsp3) is 0.208. The molecule has 7 nitrogen and oxygen atoms in total. The van der Waals surface area contributed by atoms with Gasteiger partial charge in [0, 0.05) is 10.7 Å². The van der Waals surface area contributed by atoms with Crippen LogP contribution >= 0.6 is 11.6 Å². The van der Waals surface area contributed by atoms with Crippen molar-refractivity contribution in [2.24, 2.45) is 0 Å². The van der Waals surface area contributed by atoms with E-state index in [4.69, 9.17) is 21.1 Å². The molecule has 0 radical (unpaired) electrons. The highest BCUT2D eigenvalue weighted by Gasteiger charge is 2.20. The molecule has 0 heterocycles. The smallest absolute Gasteiger partial charge is 0.265 e. The molecule has 0 saturated carbocycles. The zero-order valence-electron chi connectivity index (χ0n) is 18.5. The van der Waals surface area contributed by atoms with Crippen molar-refractivity contribution in [3.63, 3.8) is 0 Å². The highest BCUT2D eigenvalue weighted by Crippen LogP contribution is 2.24. The van der Waals surface area contributed by atoms with Gasteiger partial charge in [0.2, 0.25) is 0 Å². The average Bonchev–Trinajstić information content (AvgIpc) is 2.80. The van der Waals surface area contributed by atoms with Crippen molar-refractivity contribution in [3.8, 4) is 11.5 Å². The molecule has 33 heavy (non-hydrogen) atoms. The molecule has 1 atom stereocenters. The Morgan fingerprint density at radius 2 is 1.58 bits per heavy atom. The summed E-state index contributed by atoms with van der Waals surface area (Å²) in [5.74, 6) is 0.896. The van der Waals surface area contributed by atoms with Crippen LogP contribution in [-0.4, -0.2) is 27.5 Å². The van der Waals surface area contributed by atoms with Crippen molar-refractivity contribution in [1.29, 1.82) is 0 Å². The third-order valence-electron chi connectivity index (χ3n) is 4.86. The minimum Gasteiger partial charge on any atom is -0.497 e. The Morgan fingerprint density at radius 3 is 2.15 bits per heavy atom. The number of halogens is 1. The molecule has 3 rings (SSSR count). The Morgan fingerprint density at radius 1 is 0.970 bits per heavy atom. The lowest BCUT2D eigenvalue weighted by Gasteiger charge is -2.17. The number of rotatable bonds is 9. The largest absolute Gasteiger partial charge is 0.497 e. The van der Waals surface area contributed by atoms with E-state index in [2.05, 4.69) is 10.0 Å². The molecule has 3 aromatic rings. The van der Waals surface area contributed by atoms with Crippen LogP contribution in [0.15, 0.2) is 71.6 Å². The number of hydrogen-bond donors (Lipinski definition) is 2. The number of benzene rings is 3. The van der Waals surface area contributed by atoms with Crippen LogP contribution < -0.4 is 19.5 Å². The molecular weight excluding hydrogens is 464 g/mol. The van der Waals surface area contributed by atoms with E-state index in [0.717, 1.165) is 5.56 Å². The number of carbonyl (C=O) groups is 1. The molecule has 3 aromatic carbocycles. The number of sulfonamides is 1. The van der Waals surface area contributed by atoms with Gasteiger partial charge in [0.25, 0.3) is 15.9 Å². The van der Waals surface area contributed by atoms with Crippen LogP contribution in [0.4, 0.5) is 11.4 Å². The van der Waals surface area contributed by atoms with Gasteiger partial charge in [-0.2, -0.15) is 0 Å². The minimum atomic E-state index is -3.81. The minimum absolute atomic E-state index is 0.0544. The molecule has 0 aliphatic rings. The van der Waals surface area contributed by atoms with Gasteiger partial charge in [-0.25, -0.2) is 8.42 Å². The van der Waals surface area contributed by atoms with Gasteiger partial charge in [-0.3, -0.25) is 9.52 Å². The number of nitrogens with one attached hydrogen (secondary N) is 2. The van der Waals surface area contributed by atoms with E-state index >= 15 is 0 Å². The van der Waals surface area contributed by atoms with Gasteiger partial charge in [0.1, 0.15) is 11.5 Å². The van der Waals surface area contributed by atoms with Crippen LogP contribution in [0, 0.1) is 6.92 Å².